The summed E-state index contributed by atoms with van der Waals surface area (Å²) >= 11 is 1.57. The number of nitrogens with one attached hydrogen (secondary N) is 1. The SMILES string of the molecule is CCCC(=O)N1CCC(C(=O)NCCc2cscn2)CC1. The minimum absolute atomic E-state index is 0.0473. The number of amides is 2. The van der Waals surface area contributed by atoms with E-state index in [1.807, 2.05) is 17.2 Å². The van der Waals surface area contributed by atoms with Crippen LogP contribution in [-0.2, 0) is 16.0 Å². The molecule has 21 heavy (non-hydrogen) atoms. The Labute approximate surface area is 129 Å². The van der Waals surface area contributed by atoms with Crippen molar-refractivity contribution in [3.05, 3.63) is 16.6 Å². The van der Waals surface area contributed by atoms with E-state index >= 15 is 0 Å². The first-order chi connectivity index (χ1) is 10.2. The van der Waals surface area contributed by atoms with Crippen molar-refractivity contribution in [2.75, 3.05) is 19.6 Å². The zero-order chi connectivity index (χ0) is 15.1. The molecule has 0 aromatic carbocycles. The highest BCUT2D eigenvalue weighted by atomic mass is 32.1. The second-order valence-corrected chi connectivity index (χ2v) is 6.14. The van der Waals surface area contributed by atoms with Gasteiger partial charge in [0.15, 0.2) is 0 Å². The highest BCUT2D eigenvalue weighted by Crippen LogP contribution is 2.18. The first-order valence-corrected chi connectivity index (χ1v) is 8.57. The van der Waals surface area contributed by atoms with Crippen molar-refractivity contribution >= 4 is 23.2 Å². The monoisotopic (exact) mass is 309 g/mol. The van der Waals surface area contributed by atoms with E-state index in [0.29, 0.717) is 26.1 Å². The standard InChI is InChI=1S/C15H23N3O2S/c1-2-3-14(19)18-8-5-12(6-9-18)15(20)16-7-4-13-10-21-11-17-13/h10-12H,2-9H2,1H3,(H,16,20). The topological polar surface area (TPSA) is 62.3 Å². The molecule has 6 heteroatoms. The van der Waals surface area contributed by atoms with Crippen LogP contribution < -0.4 is 5.32 Å². The van der Waals surface area contributed by atoms with Gasteiger partial charge in [-0.3, -0.25) is 9.59 Å². The van der Waals surface area contributed by atoms with Crippen LogP contribution in [0.4, 0.5) is 0 Å². The molecule has 2 heterocycles. The summed E-state index contributed by atoms with van der Waals surface area (Å²) in [6, 6.07) is 0. The summed E-state index contributed by atoms with van der Waals surface area (Å²) in [5, 5.41) is 4.99. The summed E-state index contributed by atoms with van der Waals surface area (Å²) in [6.07, 6.45) is 3.83. The van der Waals surface area contributed by atoms with Crippen molar-refractivity contribution in [1.82, 2.24) is 15.2 Å². The van der Waals surface area contributed by atoms with Crippen LogP contribution in [0.1, 0.15) is 38.3 Å². The summed E-state index contributed by atoms with van der Waals surface area (Å²) in [4.78, 5) is 30.0. The maximum Gasteiger partial charge on any atom is 0.223 e. The van der Waals surface area contributed by atoms with Crippen LogP contribution in [0.15, 0.2) is 10.9 Å². The molecule has 1 saturated heterocycles. The van der Waals surface area contributed by atoms with Crippen LogP contribution in [0, 0.1) is 5.92 Å². The molecule has 1 fully saturated rings. The van der Waals surface area contributed by atoms with Gasteiger partial charge in [0.05, 0.1) is 11.2 Å². The maximum absolute atomic E-state index is 12.1. The summed E-state index contributed by atoms with van der Waals surface area (Å²) in [7, 11) is 0. The smallest absolute Gasteiger partial charge is 0.223 e. The highest BCUT2D eigenvalue weighted by molar-refractivity contribution is 7.07. The number of carbonyl (C=O) groups is 2. The van der Waals surface area contributed by atoms with E-state index in [2.05, 4.69) is 10.3 Å². The Balaban J connectivity index is 1.67. The lowest BCUT2D eigenvalue weighted by molar-refractivity contribution is -0.135. The lowest BCUT2D eigenvalue weighted by atomic mass is 9.95. The molecule has 2 amide bonds. The molecular weight excluding hydrogens is 286 g/mol. The Kier molecular flexibility index (Phi) is 6.17. The van der Waals surface area contributed by atoms with Crippen molar-refractivity contribution in [1.29, 1.82) is 0 Å². The molecule has 1 aromatic heterocycles. The number of rotatable bonds is 6. The van der Waals surface area contributed by atoms with Crippen LogP contribution in [-0.4, -0.2) is 41.3 Å². The van der Waals surface area contributed by atoms with E-state index < -0.39 is 0 Å². The van der Waals surface area contributed by atoms with Crippen molar-refractivity contribution in [3.63, 3.8) is 0 Å². The summed E-state index contributed by atoms with van der Waals surface area (Å²) in [5.74, 6) is 0.388. The van der Waals surface area contributed by atoms with Crippen molar-refractivity contribution in [3.8, 4) is 0 Å². The van der Waals surface area contributed by atoms with Crippen molar-refractivity contribution < 1.29 is 9.59 Å². The van der Waals surface area contributed by atoms with Gasteiger partial charge in [-0.2, -0.15) is 0 Å². The van der Waals surface area contributed by atoms with Gasteiger partial charge in [0.2, 0.25) is 11.8 Å². The Morgan fingerprint density at radius 1 is 1.43 bits per heavy atom. The van der Waals surface area contributed by atoms with Crippen molar-refractivity contribution in [2.24, 2.45) is 5.92 Å². The summed E-state index contributed by atoms with van der Waals surface area (Å²) < 4.78 is 0. The van der Waals surface area contributed by atoms with E-state index in [0.717, 1.165) is 31.4 Å². The van der Waals surface area contributed by atoms with Crippen LogP contribution in [0.3, 0.4) is 0 Å². The van der Waals surface area contributed by atoms with Gasteiger partial charge in [-0.1, -0.05) is 6.92 Å². The zero-order valence-corrected chi connectivity index (χ0v) is 13.3. The quantitative estimate of drug-likeness (QED) is 0.872. The number of nitrogens with zero attached hydrogens (tertiary/aromatic N) is 2. The van der Waals surface area contributed by atoms with Crippen molar-refractivity contribution in [2.45, 2.75) is 39.0 Å². The fourth-order valence-electron chi connectivity index (χ4n) is 2.58. The van der Waals surface area contributed by atoms with Gasteiger partial charge in [-0.05, 0) is 19.3 Å². The number of piperidine rings is 1. The molecule has 5 nitrogen and oxygen atoms in total. The van der Waals surface area contributed by atoms with Gasteiger partial charge >= 0.3 is 0 Å². The fraction of sp³-hybridized carbons (Fsp3) is 0.667. The number of hydrogen-bond acceptors (Lipinski definition) is 4. The second-order valence-electron chi connectivity index (χ2n) is 5.43. The molecule has 0 radical (unpaired) electrons. The molecule has 116 valence electrons. The lowest BCUT2D eigenvalue weighted by Gasteiger charge is -2.31. The Morgan fingerprint density at radius 3 is 2.81 bits per heavy atom. The molecule has 0 atom stereocenters. The third kappa shape index (κ3) is 4.81. The van der Waals surface area contributed by atoms with Gasteiger partial charge in [0.1, 0.15) is 0 Å². The average Bonchev–Trinajstić information content (AvgIpc) is 3.01. The minimum atomic E-state index is 0.0473. The molecule has 0 unspecified atom stereocenters. The molecule has 1 aliphatic rings. The Morgan fingerprint density at radius 2 is 2.19 bits per heavy atom. The van der Waals surface area contributed by atoms with E-state index in [1.54, 1.807) is 16.8 Å². The minimum Gasteiger partial charge on any atom is -0.355 e. The number of thiazole rings is 1. The van der Waals surface area contributed by atoms with E-state index in [1.165, 1.54) is 0 Å². The van der Waals surface area contributed by atoms with Gasteiger partial charge in [0.25, 0.3) is 0 Å². The molecule has 1 aliphatic heterocycles. The van der Waals surface area contributed by atoms with Gasteiger partial charge < -0.3 is 10.2 Å². The molecular formula is C15H23N3O2S. The van der Waals surface area contributed by atoms with E-state index in [-0.39, 0.29) is 17.7 Å². The molecule has 0 aliphatic carbocycles. The first kappa shape index (κ1) is 15.9. The molecule has 2 rings (SSSR count). The Bertz CT molecular complexity index is 453. The third-order valence-electron chi connectivity index (χ3n) is 3.85. The number of aromatic nitrogens is 1. The summed E-state index contributed by atoms with van der Waals surface area (Å²) in [6.45, 7) is 4.07. The van der Waals surface area contributed by atoms with Gasteiger partial charge in [-0.25, -0.2) is 4.98 Å². The van der Waals surface area contributed by atoms with Crippen LogP contribution in [0.2, 0.25) is 0 Å². The predicted octanol–water partition coefficient (Wildman–Crippen LogP) is 1.84. The lowest BCUT2D eigenvalue weighted by Crippen LogP contribution is -2.43. The maximum atomic E-state index is 12.1. The predicted molar refractivity (Wildman–Crippen MR) is 83.0 cm³/mol. The molecule has 1 N–H and O–H groups in total. The van der Waals surface area contributed by atoms with Crippen LogP contribution in [0.5, 0.6) is 0 Å². The highest BCUT2D eigenvalue weighted by Gasteiger charge is 2.26. The summed E-state index contributed by atoms with van der Waals surface area (Å²) in [5.41, 5.74) is 2.83. The molecule has 0 bridgehead atoms. The van der Waals surface area contributed by atoms with Gasteiger partial charge in [-0.15, -0.1) is 11.3 Å². The largest absolute Gasteiger partial charge is 0.355 e. The molecule has 1 aromatic rings. The zero-order valence-electron chi connectivity index (χ0n) is 12.5. The van der Waals surface area contributed by atoms with E-state index in [4.69, 9.17) is 0 Å². The third-order valence-corrected chi connectivity index (χ3v) is 4.48. The number of hydrogen-bond donors (Lipinski definition) is 1. The second kappa shape index (κ2) is 8.12. The van der Waals surface area contributed by atoms with Crippen LogP contribution >= 0.6 is 11.3 Å². The molecule has 0 spiro atoms. The molecule has 0 saturated carbocycles. The Hall–Kier alpha value is -1.43. The first-order valence-electron chi connectivity index (χ1n) is 7.63. The van der Waals surface area contributed by atoms with Gasteiger partial charge in [0, 0.05) is 43.8 Å². The average molecular weight is 309 g/mol. The number of carbonyl (C=O) groups excluding carboxylic acids is 2. The fourth-order valence-corrected chi connectivity index (χ4v) is 3.18. The van der Waals surface area contributed by atoms with Crippen LogP contribution in [0.25, 0.3) is 0 Å². The van der Waals surface area contributed by atoms with E-state index in [9.17, 15) is 9.59 Å². The number of likely N-dealkylation sites (tertiary alicyclic amines) is 1. The normalized spacial score (nSPS) is 16.0.